The first kappa shape index (κ1) is 58.4. The van der Waals surface area contributed by atoms with Crippen LogP contribution in [0.5, 0.6) is 0 Å². The Kier molecular flexibility index (Phi) is 20.5. The van der Waals surface area contributed by atoms with E-state index in [1.165, 1.54) is 24.3 Å². The van der Waals surface area contributed by atoms with Gasteiger partial charge in [0.25, 0.3) is 11.8 Å². The molecule has 0 aliphatic carbocycles. The van der Waals surface area contributed by atoms with E-state index in [1.54, 1.807) is 35.2 Å². The fourth-order valence-electron chi connectivity index (χ4n) is 10.5. The average molecular weight is 1100 g/mol. The van der Waals surface area contributed by atoms with Crippen molar-refractivity contribution < 1.29 is 28.0 Å². The quantitative estimate of drug-likeness (QED) is 0.0243. The highest BCUT2D eigenvalue weighted by Crippen LogP contribution is 2.29. The minimum atomic E-state index is -0.760. The Morgan fingerprint density at radius 3 is 1.64 bits per heavy atom. The maximum absolute atomic E-state index is 14.2. The van der Waals surface area contributed by atoms with Crippen LogP contribution < -0.4 is 44.2 Å². The molecule has 18 heteroatoms. The first-order valence-corrected chi connectivity index (χ1v) is 27.5. The number of benzene rings is 7. The lowest BCUT2D eigenvalue weighted by Gasteiger charge is -2.31. The summed E-state index contributed by atoms with van der Waals surface area (Å²) < 4.78 is 27.7. The standard InChI is InChI=1S/C35H38F2N6O2.C28H34N6O2/c1-2-31(42-35(38)39)32-34(45)43(21-30(23-9-13-27(36)14-10-23)24-11-15-28(37)16-12-24)18-17-29(41-32)20-40-33(44)26-8-7-22-5-3-4-6-25(22)19-26;29-28(30)31-15-6-11-25-27(36)34(19-20-7-2-1-3-8-20)16-14-24(33-25)18-32-26(35)23-13-12-21-9-4-5-10-22(21)17-23/h3-16,19,29-32,41H,2,17-18,20-21H2,1H3,(H,40,44)(H4,38,39,42);1-5,7-10,12-13,17,24-25,33H,6,11,14-16,18-19H2,(H,32,35)(H4,29,30,31)/t29-,31?,32-;24-,25-/m00/s1. The summed E-state index contributed by atoms with van der Waals surface area (Å²) in [5.41, 5.74) is 26.2. The van der Waals surface area contributed by atoms with Gasteiger partial charge in [0, 0.05) is 74.9 Å². The maximum atomic E-state index is 14.2. The molecule has 0 aromatic heterocycles. The number of nitrogens with two attached hydrogens (primary N) is 4. The van der Waals surface area contributed by atoms with Crippen molar-refractivity contribution in [1.29, 1.82) is 0 Å². The number of nitrogens with zero attached hydrogens (tertiary/aromatic N) is 4. The molecule has 0 saturated carbocycles. The lowest BCUT2D eigenvalue weighted by atomic mass is 9.90. The third-order valence-electron chi connectivity index (χ3n) is 14.8. The number of amides is 4. The van der Waals surface area contributed by atoms with E-state index in [-0.39, 0.29) is 84.3 Å². The normalized spacial score (nSPS) is 17.8. The van der Waals surface area contributed by atoms with E-state index in [0.717, 1.165) is 44.7 Å². The van der Waals surface area contributed by atoms with E-state index in [4.69, 9.17) is 22.9 Å². The van der Waals surface area contributed by atoms with Gasteiger partial charge in [-0.25, -0.2) is 13.8 Å². The van der Waals surface area contributed by atoms with Crippen molar-refractivity contribution in [2.24, 2.45) is 32.9 Å². The van der Waals surface area contributed by atoms with Crippen molar-refractivity contribution in [1.82, 2.24) is 31.1 Å². The smallest absolute Gasteiger partial charge is 0.251 e. The van der Waals surface area contributed by atoms with Crippen LogP contribution in [0.25, 0.3) is 21.5 Å². The summed E-state index contributed by atoms with van der Waals surface area (Å²) in [6.45, 7) is 4.90. The van der Waals surface area contributed by atoms with Gasteiger partial charge in [-0.1, -0.05) is 122 Å². The lowest BCUT2D eigenvalue weighted by molar-refractivity contribution is -0.134. The molecule has 1 unspecified atom stereocenters. The molecule has 2 fully saturated rings. The predicted octanol–water partition coefficient (Wildman–Crippen LogP) is 6.67. The zero-order valence-corrected chi connectivity index (χ0v) is 45.5. The van der Waals surface area contributed by atoms with Crippen molar-refractivity contribution in [3.8, 4) is 0 Å². The molecule has 0 bridgehead atoms. The molecule has 16 nitrogen and oxygen atoms in total. The van der Waals surface area contributed by atoms with Crippen molar-refractivity contribution >= 4 is 57.1 Å². The Balaban J connectivity index is 0.000000218. The summed E-state index contributed by atoms with van der Waals surface area (Å²) in [6, 6.07) is 47.3. The third kappa shape index (κ3) is 16.4. The molecule has 12 N–H and O–H groups in total. The second-order valence-corrected chi connectivity index (χ2v) is 20.5. The van der Waals surface area contributed by atoms with Gasteiger partial charge in [-0.05, 0) is 119 Å². The summed E-state index contributed by atoms with van der Waals surface area (Å²) in [5.74, 6) is -1.62. The minimum Gasteiger partial charge on any atom is -0.370 e. The van der Waals surface area contributed by atoms with E-state index in [0.29, 0.717) is 69.5 Å². The first-order valence-electron chi connectivity index (χ1n) is 27.5. The molecule has 5 atom stereocenters. The molecule has 2 saturated heterocycles. The van der Waals surface area contributed by atoms with E-state index in [1.807, 2.05) is 121 Å². The number of carbonyl (C=O) groups is 4. The molecule has 0 spiro atoms. The van der Waals surface area contributed by atoms with Crippen molar-refractivity contribution in [2.75, 3.05) is 39.3 Å². The van der Waals surface area contributed by atoms with Crippen LogP contribution >= 0.6 is 0 Å². The number of nitrogens with one attached hydrogen (secondary N) is 4. The van der Waals surface area contributed by atoms with Crippen LogP contribution in [0.15, 0.2) is 174 Å². The van der Waals surface area contributed by atoms with Crippen molar-refractivity contribution in [3.63, 3.8) is 0 Å². The van der Waals surface area contributed by atoms with Gasteiger partial charge in [-0.2, -0.15) is 0 Å². The van der Waals surface area contributed by atoms with Gasteiger partial charge in [0.1, 0.15) is 17.7 Å². The topological polar surface area (TPSA) is 252 Å². The minimum absolute atomic E-state index is 0.0350. The Bertz CT molecular complexity index is 3260. The van der Waals surface area contributed by atoms with Crippen LogP contribution in [0.1, 0.15) is 82.4 Å². The largest absolute Gasteiger partial charge is 0.370 e. The van der Waals surface area contributed by atoms with E-state index < -0.39 is 12.1 Å². The molecule has 7 aromatic rings. The molecule has 2 aliphatic rings. The van der Waals surface area contributed by atoms with Gasteiger partial charge in [-0.3, -0.25) is 29.5 Å². The molecule has 2 aliphatic heterocycles. The number of halogens is 2. The van der Waals surface area contributed by atoms with Crippen LogP contribution in [0.2, 0.25) is 0 Å². The number of carbonyl (C=O) groups excluding carboxylic acids is 4. The van der Waals surface area contributed by atoms with E-state index in [9.17, 15) is 28.0 Å². The second-order valence-electron chi connectivity index (χ2n) is 20.5. The highest BCUT2D eigenvalue weighted by molar-refractivity contribution is 5.99. The number of aliphatic imine (C=N–C) groups is 2. The SMILES string of the molecule is CCC(N=C(N)N)[C@@H]1N[C@H](CNC(=O)c2ccc3ccccc3c2)CCN(CC(c2ccc(F)cc2)c2ccc(F)cc2)C1=O.NC(N)=NCCC[C@@H]1N[C@H](CNC(=O)c2ccc3ccccc3c2)CCN(Cc2ccccc2)C1=O. The van der Waals surface area contributed by atoms with Crippen LogP contribution in [0.3, 0.4) is 0 Å². The molecule has 7 aromatic carbocycles. The molecule has 9 rings (SSSR count). The van der Waals surface area contributed by atoms with Crippen molar-refractivity contribution in [2.45, 2.75) is 81.7 Å². The summed E-state index contributed by atoms with van der Waals surface area (Å²) in [6.07, 6.45) is 3.05. The molecular weight excluding hydrogens is 1030 g/mol. The van der Waals surface area contributed by atoms with Crippen LogP contribution in [-0.4, -0.2) is 115 Å². The van der Waals surface area contributed by atoms with Crippen molar-refractivity contribution in [3.05, 3.63) is 203 Å². The van der Waals surface area contributed by atoms with Gasteiger partial charge in [0.05, 0.1) is 12.1 Å². The fraction of sp³-hybridized carbons (Fsp3) is 0.302. The molecule has 422 valence electrons. The Morgan fingerprint density at radius 1 is 0.617 bits per heavy atom. The Morgan fingerprint density at radius 2 is 1.12 bits per heavy atom. The van der Waals surface area contributed by atoms with E-state index >= 15 is 0 Å². The average Bonchev–Trinajstić information content (AvgIpc) is 3.78. The van der Waals surface area contributed by atoms with Crippen LogP contribution in [0, 0.1) is 11.6 Å². The monoisotopic (exact) mass is 1100 g/mol. The van der Waals surface area contributed by atoms with Gasteiger partial charge in [-0.15, -0.1) is 0 Å². The zero-order chi connectivity index (χ0) is 57.3. The summed E-state index contributed by atoms with van der Waals surface area (Å²) >= 11 is 0. The fourth-order valence-corrected chi connectivity index (χ4v) is 10.5. The molecule has 2 heterocycles. The molecule has 0 radical (unpaired) electrons. The molecule has 81 heavy (non-hydrogen) atoms. The lowest BCUT2D eigenvalue weighted by Crippen LogP contribution is -2.54. The molecule has 4 amide bonds. The number of fused-ring (bicyclic) bond motifs is 2. The Labute approximate surface area is 471 Å². The number of hydrogen-bond acceptors (Lipinski definition) is 8. The van der Waals surface area contributed by atoms with Gasteiger partial charge >= 0.3 is 0 Å². The summed E-state index contributed by atoms with van der Waals surface area (Å²) in [4.78, 5) is 65.7. The molecular formula is C63H72F2N12O4. The zero-order valence-electron chi connectivity index (χ0n) is 45.5. The second kappa shape index (κ2) is 28.4. The first-order chi connectivity index (χ1) is 39.2. The number of hydrogen-bond donors (Lipinski definition) is 8. The number of guanidine groups is 2. The van der Waals surface area contributed by atoms with E-state index in [2.05, 4.69) is 31.3 Å². The third-order valence-corrected chi connectivity index (χ3v) is 14.8. The summed E-state index contributed by atoms with van der Waals surface area (Å²) in [7, 11) is 0. The van der Waals surface area contributed by atoms with Gasteiger partial charge in [0.2, 0.25) is 11.8 Å². The maximum Gasteiger partial charge on any atom is 0.251 e. The Hall–Kier alpha value is -8.74. The highest BCUT2D eigenvalue weighted by atomic mass is 19.1. The van der Waals surface area contributed by atoms with Gasteiger partial charge < -0.3 is 48.7 Å². The van der Waals surface area contributed by atoms with Gasteiger partial charge in [0.15, 0.2) is 11.9 Å². The number of rotatable bonds is 19. The van der Waals surface area contributed by atoms with Crippen LogP contribution in [-0.2, 0) is 16.1 Å². The summed E-state index contributed by atoms with van der Waals surface area (Å²) in [5, 5.41) is 17.1. The highest BCUT2D eigenvalue weighted by Gasteiger charge is 2.37. The van der Waals surface area contributed by atoms with Crippen LogP contribution in [0.4, 0.5) is 8.78 Å². The predicted molar refractivity (Wildman–Crippen MR) is 316 cm³/mol.